The Morgan fingerprint density at radius 3 is 2.47 bits per heavy atom. The third-order valence-electron chi connectivity index (χ3n) is 2.55. The fourth-order valence-corrected chi connectivity index (χ4v) is 3.37. The molecular weight excluding hydrogens is 274 g/mol. The summed E-state index contributed by atoms with van der Waals surface area (Å²) in [7, 11) is 0.908. The predicted molar refractivity (Wildman–Crippen MR) is 68.5 cm³/mol. The molecule has 3 atom stereocenters. The SMILES string of the molecule is CNC(C)C(C)S(=O)c1ccccc1Br. The molecule has 1 aromatic rings. The maximum Gasteiger partial charge on any atom is 0.0585 e. The highest BCUT2D eigenvalue weighted by atomic mass is 79.9. The van der Waals surface area contributed by atoms with Crippen LogP contribution in [0.5, 0.6) is 0 Å². The zero-order chi connectivity index (χ0) is 11.4. The van der Waals surface area contributed by atoms with Crippen LogP contribution in [-0.4, -0.2) is 22.5 Å². The highest BCUT2D eigenvalue weighted by Gasteiger charge is 2.20. The Hall–Kier alpha value is -0.190. The molecule has 0 aliphatic heterocycles. The molecule has 1 N–H and O–H groups in total. The molecule has 1 aromatic carbocycles. The van der Waals surface area contributed by atoms with Crippen molar-refractivity contribution < 1.29 is 4.21 Å². The Morgan fingerprint density at radius 1 is 1.33 bits per heavy atom. The van der Waals surface area contributed by atoms with Crippen LogP contribution in [0, 0.1) is 0 Å². The van der Waals surface area contributed by atoms with Gasteiger partial charge in [-0.2, -0.15) is 0 Å². The third kappa shape index (κ3) is 3.13. The van der Waals surface area contributed by atoms with Crippen molar-refractivity contribution in [3.8, 4) is 0 Å². The molecule has 0 fully saturated rings. The van der Waals surface area contributed by atoms with Crippen LogP contribution in [-0.2, 0) is 10.8 Å². The summed E-state index contributed by atoms with van der Waals surface area (Å²) in [6.45, 7) is 4.04. The Balaban J connectivity index is 2.90. The van der Waals surface area contributed by atoms with Gasteiger partial charge in [-0.25, -0.2) is 0 Å². The maximum atomic E-state index is 12.2. The van der Waals surface area contributed by atoms with Gasteiger partial charge in [-0.15, -0.1) is 0 Å². The van der Waals surface area contributed by atoms with Crippen LogP contribution in [0.4, 0.5) is 0 Å². The van der Waals surface area contributed by atoms with Crippen LogP contribution in [0.2, 0.25) is 0 Å². The molecular formula is C11H16BrNOS. The molecule has 0 aliphatic carbocycles. The molecule has 0 spiro atoms. The van der Waals surface area contributed by atoms with E-state index in [1.807, 2.05) is 45.2 Å². The van der Waals surface area contributed by atoms with E-state index in [-0.39, 0.29) is 11.3 Å². The van der Waals surface area contributed by atoms with E-state index in [4.69, 9.17) is 0 Å². The van der Waals surface area contributed by atoms with Gasteiger partial charge >= 0.3 is 0 Å². The lowest BCUT2D eigenvalue weighted by Crippen LogP contribution is -2.35. The van der Waals surface area contributed by atoms with Gasteiger partial charge in [0.2, 0.25) is 0 Å². The highest BCUT2D eigenvalue weighted by Crippen LogP contribution is 2.22. The van der Waals surface area contributed by atoms with Crippen molar-refractivity contribution in [3.05, 3.63) is 28.7 Å². The molecule has 0 saturated heterocycles. The molecule has 84 valence electrons. The standard InChI is InChI=1S/C11H16BrNOS/c1-8(13-3)9(2)15(14)11-7-5-4-6-10(11)12/h4-9,13H,1-3H3. The molecule has 4 heteroatoms. The Morgan fingerprint density at radius 2 is 1.93 bits per heavy atom. The van der Waals surface area contributed by atoms with Crippen LogP contribution in [0.3, 0.4) is 0 Å². The van der Waals surface area contributed by atoms with Gasteiger partial charge in [-0.3, -0.25) is 4.21 Å². The number of nitrogens with one attached hydrogen (secondary N) is 1. The lowest BCUT2D eigenvalue weighted by molar-refractivity contribution is 0.584. The molecule has 0 amide bonds. The Bertz CT molecular complexity index is 356. The lowest BCUT2D eigenvalue weighted by atomic mass is 10.3. The monoisotopic (exact) mass is 289 g/mol. The van der Waals surface area contributed by atoms with Gasteiger partial charge in [-0.1, -0.05) is 12.1 Å². The van der Waals surface area contributed by atoms with Crippen LogP contribution < -0.4 is 5.32 Å². The summed E-state index contributed by atoms with van der Waals surface area (Å²) in [5.41, 5.74) is 0. The average molecular weight is 290 g/mol. The fourth-order valence-electron chi connectivity index (χ4n) is 1.23. The van der Waals surface area contributed by atoms with Crippen molar-refractivity contribution in [2.75, 3.05) is 7.05 Å². The second kappa shape index (κ2) is 5.77. The van der Waals surface area contributed by atoms with Crippen LogP contribution in [0.1, 0.15) is 13.8 Å². The number of hydrogen-bond acceptors (Lipinski definition) is 2. The van der Waals surface area contributed by atoms with Crippen LogP contribution >= 0.6 is 15.9 Å². The van der Waals surface area contributed by atoms with Crippen molar-refractivity contribution in [1.29, 1.82) is 0 Å². The van der Waals surface area contributed by atoms with E-state index in [0.29, 0.717) is 0 Å². The minimum Gasteiger partial charge on any atom is -0.316 e. The number of benzene rings is 1. The Labute approximate surface area is 102 Å². The summed E-state index contributed by atoms with van der Waals surface area (Å²) in [6, 6.07) is 7.90. The van der Waals surface area contributed by atoms with Crippen molar-refractivity contribution in [3.63, 3.8) is 0 Å². The topological polar surface area (TPSA) is 29.1 Å². The van der Waals surface area contributed by atoms with E-state index in [1.165, 1.54) is 0 Å². The number of rotatable bonds is 4. The van der Waals surface area contributed by atoms with E-state index >= 15 is 0 Å². The summed E-state index contributed by atoms with van der Waals surface area (Å²) >= 11 is 3.42. The maximum absolute atomic E-state index is 12.2. The lowest BCUT2D eigenvalue weighted by Gasteiger charge is -2.19. The first-order valence-electron chi connectivity index (χ1n) is 4.90. The summed E-state index contributed by atoms with van der Waals surface area (Å²) in [5.74, 6) is 0. The first-order chi connectivity index (χ1) is 7.07. The molecule has 0 aliphatic rings. The second-order valence-electron chi connectivity index (χ2n) is 3.51. The predicted octanol–water partition coefficient (Wildman–Crippen LogP) is 2.55. The number of hydrogen-bond donors (Lipinski definition) is 1. The molecule has 15 heavy (non-hydrogen) atoms. The van der Waals surface area contributed by atoms with Gasteiger partial charge in [0.05, 0.1) is 20.9 Å². The first-order valence-corrected chi connectivity index (χ1v) is 6.91. The largest absolute Gasteiger partial charge is 0.316 e. The Kier molecular flexibility index (Phi) is 4.96. The zero-order valence-corrected chi connectivity index (χ0v) is 11.6. The van der Waals surface area contributed by atoms with E-state index in [0.717, 1.165) is 9.37 Å². The van der Waals surface area contributed by atoms with Crippen molar-refractivity contribution in [1.82, 2.24) is 5.32 Å². The molecule has 0 heterocycles. The smallest absolute Gasteiger partial charge is 0.0585 e. The van der Waals surface area contributed by atoms with E-state index < -0.39 is 10.8 Å². The quantitative estimate of drug-likeness (QED) is 0.923. The highest BCUT2D eigenvalue weighted by molar-refractivity contribution is 9.10. The van der Waals surface area contributed by atoms with Crippen molar-refractivity contribution in [2.24, 2.45) is 0 Å². The van der Waals surface area contributed by atoms with Gasteiger partial charge in [-0.05, 0) is 49.0 Å². The normalized spacial score (nSPS) is 17.1. The zero-order valence-electron chi connectivity index (χ0n) is 9.16. The van der Waals surface area contributed by atoms with Gasteiger partial charge in [0.25, 0.3) is 0 Å². The van der Waals surface area contributed by atoms with E-state index in [9.17, 15) is 4.21 Å². The fraction of sp³-hybridized carbons (Fsp3) is 0.455. The summed E-state index contributed by atoms with van der Waals surface area (Å²) in [6.07, 6.45) is 0. The van der Waals surface area contributed by atoms with Crippen molar-refractivity contribution >= 4 is 26.7 Å². The summed E-state index contributed by atoms with van der Waals surface area (Å²) in [5, 5.41) is 3.22. The van der Waals surface area contributed by atoms with Gasteiger partial charge in [0.1, 0.15) is 0 Å². The van der Waals surface area contributed by atoms with Crippen molar-refractivity contribution in [2.45, 2.75) is 30.0 Å². The molecule has 0 radical (unpaired) electrons. The molecule has 0 bridgehead atoms. The van der Waals surface area contributed by atoms with E-state index in [2.05, 4.69) is 21.2 Å². The van der Waals surface area contributed by atoms with Gasteiger partial charge in [0, 0.05) is 10.5 Å². The van der Waals surface area contributed by atoms with Crippen LogP contribution in [0.25, 0.3) is 0 Å². The minimum atomic E-state index is -0.979. The molecule has 1 rings (SSSR count). The summed E-state index contributed by atoms with van der Waals surface area (Å²) < 4.78 is 13.1. The minimum absolute atomic E-state index is 0.0914. The molecule has 0 saturated carbocycles. The van der Waals surface area contributed by atoms with Gasteiger partial charge in [0.15, 0.2) is 0 Å². The van der Waals surface area contributed by atoms with Gasteiger partial charge < -0.3 is 5.32 Å². The molecule has 3 unspecified atom stereocenters. The summed E-state index contributed by atoms with van der Waals surface area (Å²) in [4.78, 5) is 0.868. The second-order valence-corrected chi connectivity index (χ2v) is 6.14. The van der Waals surface area contributed by atoms with E-state index in [1.54, 1.807) is 0 Å². The molecule has 0 aromatic heterocycles. The third-order valence-corrected chi connectivity index (χ3v) is 5.38. The van der Waals surface area contributed by atoms with Crippen LogP contribution in [0.15, 0.2) is 33.6 Å². The molecule has 2 nitrogen and oxygen atoms in total. The first kappa shape index (κ1) is 12.9. The average Bonchev–Trinajstić information content (AvgIpc) is 2.26. The number of halogens is 1.